The molecular weight excluding hydrogens is 290 g/mol. The van der Waals surface area contributed by atoms with Crippen LogP contribution in [-0.2, 0) is 11.3 Å². The maximum atomic E-state index is 11.0. The van der Waals surface area contributed by atoms with Gasteiger partial charge in [0.15, 0.2) is 0 Å². The Labute approximate surface area is 134 Å². The average Bonchev–Trinajstić information content (AvgIpc) is 2.97. The number of carbonyl (C=O) groups is 1. The second-order valence-electron chi connectivity index (χ2n) is 5.39. The molecule has 6 nitrogen and oxygen atoms in total. The van der Waals surface area contributed by atoms with Crippen molar-refractivity contribution >= 4 is 5.91 Å². The summed E-state index contributed by atoms with van der Waals surface area (Å²) in [4.78, 5) is 19.9. The Bertz CT molecular complexity index is 869. The number of hydrogen-bond donors (Lipinski definition) is 1. The quantitative estimate of drug-likeness (QED) is 0.799. The second kappa shape index (κ2) is 6.00. The molecule has 2 N–H and O–H groups in total. The van der Waals surface area contributed by atoms with Gasteiger partial charge in [0.05, 0.1) is 22.8 Å². The minimum atomic E-state index is -0.418. The molecule has 0 aliphatic carbocycles. The molecule has 6 heteroatoms. The highest BCUT2D eigenvalue weighted by atomic mass is 16.1. The van der Waals surface area contributed by atoms with Gasteiger partial charge in [-0.2, -0.15) is 5.10 Å². The van der Waals surface area contributed by atoms with Crippen LogP contribution in [0, 0.1) is 13.8 Å². The Morgan fingerprint density at radius 1 is 1.22 bits per heavy atom. The molecule has 3 rings (SSSR count). The van der Waals surface area contributed by atoms with Gasteiger partial charge in [0.25, 0.3) is 0 Å². The van der Waals surface area contributed by atoms with E-state index in [1.165, 1.54) is 4.68 Å². The van der Waals surface area contributed by atoms with Crippen LogP contribution in [0.2, 0.25) is 0 Å². The highest BCUT2D eigenvalue weighted by Gasteiger charge is 2.09. The number of nitrogens with zero attached hydrogens (tertiary/aromatic N) is 4. The first-order valence-electron chi connectivity index (χ1n) is 7.26. The van der Waals surface area contributed by atoms with Crippen molar-refractivity contribution < 1.29 is 4.79 Å². The molecule has 0 saturated heterocycles. The van der Waals surface area contributed by atoms with Crippen LogP contribution < -0.4 is 5.73 Å². The van der Waals surface area contributed by atoms with Gasteiger partial charge in [0.1, 0.15) is 6.54 Å². The Morgan fingerprint density at radius 3 is 2.78 bits per heavy atom. The van der Waals surface area contributed by atoms with Crippen LogP contribution in [0.15, 0.2) is 42.7 Å². The molecule has 0 fully saturated rings. The van der Waals surface area contributed by atoms with Gasteiger partial charge in [0.2, 0.25) is 5.91 Å². The van der Waals surface area contributed by atoms with Gasteiger partial charge in [-0.15, -0.1) is 0 Å². The SMILES string of the molecule is Cc1cnc(C)c(-c2cccc(-c3ccn(CC(N)=O)n3)c2)n1. The maximum Gasteiger partial charge on any atom is 0.239 e. The molecular formula is C17H17N5O. The number of primary amides is 1. The van der Waals surface area contributed by atoms with E-state index in [2.05, 4.69) is 15.1 Å². The monoisotopic (exact) mass is 307 g/mol. The minimum absolute atomic E-state index is 0.0716. The largest absolute Gasteiger partial charge is 0.368 e. The van der Waals surface area contributed by atoms with Gasteiger partial charge in [-0.25, -0.2) is 4.98 Å². The molecule has 2 heterocycles. The van der Waals surface area contributed by atoms with Gasteiger partial charge < -0.3 is 5.73 Å². The lowest BCUT2D eigenvalue weighted by molar-refractivity contribution is -0.118. The van der Waals surface area contributed by atoms with Crippen LogP contribution in [0.3, 0.4) is 0 Å². The molecule has 0 spiro atoms. The minimum Gasteiger partial charge on any atom is -0.368 e. The van der Waals surface area contributed by atoms with E-state index < -0.39 is 5.91 Å². The van der Waals surface area contributed by atoms with Crippen LogP contribution in [0.25, 0.3) is 22.5 Å². The van der Waals surface area contributed by atoms with Gasteiger partial charge in [0, 0.05) is 23.5 Å². The van der Waals surface area contributed by atoms with Gasteiger partial charge in [-0.1, -0.05) is 18.2 Å². The first-order chi connectivity index (χ1) is 11.0. The van der Waals surface area contributed by atoms with Gasteiger partial charge in [-0.3, -0.25) is 14.5 Å². The molecule has 1 amide bonds. The predicted molar refractivity (Wildman–Crippen MR) is 87.4 cm³/mol. The first kappa shape index (κ1) is 14.9. The summed E-state index contributed by atoms with van der Waals surface area (Å²) in [5, 5.41) is 4.38. The van der Waals surface area contributed by atoms with Crippen LogP contribution in [-0.4, -0.2) is 25.7 Å². The molecule has 1 aromatic carbocycles. The van der Waals surface area contributed by atoms with E-state index in [1.807, 2.05) is 44.2 Å². The third kappa shape index (κ3) is 3.26. The summed E-state index contributed by atoms with van der Waals surface area (Å²) in [5.41, 5.74) is 10.5. The molecule has 0 aliphatic rings. The third-order valence-electron chi connectivity index (χ3n) is 3.47. The molecule has 116 valence electrons. The van der Waals surface area contributed by atoms with E-state index in [0.29, 0.717) is 0 Å². The van der Waals surface area contributed by atoms with Crippen LogP contribution in [0.4, 0.5) is 0 Å². The lowest BCUT2D eigenvalue weighted by Crippen LogP contribution is -2.18. The number of amides is 1. The zero-order valence-electron chi connectivity index (χ0n) is 13.0. The van der Waals surface area contributed by atoms with Crippen LogP contribution in [0.1, 0.15) is 11.4 Å². The van der Waals surface area contributed by atoms with Crippen molar-refractivity contribution in [1.82, 2.24) is 19.7 Å². The molecule has 3 aromatic rings. The first-order valence-corrected chi connectivity index (χ1v) is 7.26. The van der Waals surface area contributed by atoms with Crippen molar-refractivity contribution in [1.29, 1.82) is 0 Å². The van der Waals surface area contributed by atoms with Gasteiger partial charge in [-0.05, 0) is 26.0 Å². The molecule has 0 unspecified atom stereocenters. The molecule has 0 atom stereocenters. The summed E-state index contributed by atoms with van der Waals surface area (Å²) in [6, 6.07) is 9.81. The number of aromatic nitrogens is 4. The molecule has 0 bridgehead atoms. The Balaban J connectivity index is 1.98. The van der Waals surface area contributed by atoms with Crippen molar-refractivity contribution in [3.63, 3.8) is 0 Å². The molecule has 23 heavy (non-hydrogen) atoms. The summed E-state index contributed by atoms with van der Waals surface area (Å²) in [6.45, 7) is 3.93. The van der Waals surface area contributed by atoms with E-state index in [9.17, 15) is 4.79 Å². The number of aryl methyl sites for hydroxylation is 2. The van der Waals surface area contributed by atoms with Crippen LogP contribution >= 0.6 is 0 Å². The lowest BCUT2D eigenvalue weighted by Gasteiger charge is -2.07. The number of carbonyl (C=O) groups excluding carboxylic acids is 1. The summed E-state index contributed by atoms with van der Waals surface area (Å²) < 4.78 is 1.53. The summed E-state index contributed by atoms with van der Waals surface area (Å²) >= 11 is 0. The topological polar surface area (TPSA) is 86.7 Å². The standard InChI is InChI=1S/C17H17N5O/c1-11-9-19-12(2)17(20-11)14-5-3-4-13(8-14)15-6-7-22(21-15)10-16(18)23/h3-9H,10H2,1-2H3,(H2,18,23). The fraction of sp³-hybridized carbons (Fsp3) is 0.176. The third-order valence-corrected chi connectivity index (χ3v) is 3.47. The fourth-order valence-electron chi connectivity index (χ4n) is 2.40. The molecule has 2 aromatic heterocycles. The summed E-state index contributed by atoms with van der Waals surface area (Å²) in [6.07, 6.45) is 3.50. The van der Waals surface area contributed by atoms with Crippen LogP contribution in [0.5, 0.6) is 0 Å². The summed E-state index contributed by atoms with van der Waals surface area (Å²) in [5.74, 6) is -0.418. The number of hydrogen-bond acceptors (Lipinski definition) is 4. The molecule has 0 saturated carbocycles. The van der Waals surface area contributed by atoms with E-state index in [1.54, 1.807) is 12.4 Å². The molecule has 0 aliphatic heterocycles. The Morgan fingerprint density at radius 2 is 2.00 bits per heavy atom. The smallest absolute Gasteiger partial charge is 0.239 e. The number of rotatable bonds is 4. The normalized spacial score (nSPS) is 10.7. The predicted octanol–water partition coefficient (Wildman–Crippen LogP) is 2.11. The zero-order valence-corrected chi connectivity index (χ0v) is 13.0. The van der Waals surface area contributed by atoms with E-state index in [4.69, 9.17) is 5.73 Å². The molecule has 0 radical (unpaired) electrons. The summed E-state index contributed by atoms with van der Waals surface area (Å²) in [7, 11) is 0. The fourth-order valence-corrected chi connectivity index (χ4v) is 2.40. The number of benzene rings is 1. The number of nitrogens with two attached hydrogens (primary N) is 1. The van der Waals surface area contributed by atoms with Crippen molar-refractivity contribution in [3.8, 4) is 22.5 Å². The maximum absolute atomic E-state index is 11.0. The Kier molecular flexibility index (Phi) is 3.89. The Hall–Kier alpha value is -3.02. The van der Waals surface area contributed by atoms with Crippen molar-refractivity contribution in [3.05, 3.63) is 54.1 Å². The highest BCUT2D eigenvalue weighted by molar-refractivity contribution is 5.74. The average molecular weight is 307 g/mol. The van der Waals surface area contributed by atoms with Crippen molar-refractivity contribution in [2.24, 2.45) is 5.73 Å². The van der Waals surface area contributed by atoms with Crippen molar-refractivity contribution in [2.45, 2.75) is 20.4 Å². The van der Waals surface area contributed by atoms with E-state index >= 15 is 0 Å². The second-order valence-corrected chi connectivity index (χ2v) is 5.39. The highest BCUT2D eigenvalue weighted by Crippen LogP contribution is 2.25. The zero-order chi connectivity index (χ0) is 16.4. The van der Waals surface area contributed by atoms with Crippen molar-refractivity contribution in [2.75, 3.05) is 0 Å². The van der Waals surface area contributed by atoms with Gasteiger partial charge >= 0.3 is 0 Å². The van der Waals surface area contributed by atoms with E-state index in [0.717, 1.165) is 33.9 Å². The van der Waals surface area contributed by atoms with E-state index in [-0.39, 0.29) is 6.54 Å². The lowest BCUT2D eigenvalue weighted by atomic mass is 10.0.